The Labute approximate surface area is 214 Å². The lowest BCUT2D eigenvalue weighted by Gasteiger charge is -2.27. The molecule has 14 N–H and O–H groups in total. The maximum atomic E-state index is 13.1. The molecule has 4 unspecified atom stereocenters. The third-order valence-corrected chi connectivity index (χ3v) is 5.16. The maximum Gasteiger partial charge on any atom is 0.326 e. The summed E-state index contributed by atoms with van der Waals surface area (Å²) in [5.74, 6) is -5.64. The molecular weight excluding hydrogens is 490 g/mol. The standard InChI is InChI=1S/C21H39N9O7/c1-10(2)16(19(35)29-13(20(36)37)6-8-15(24)32)30-18(34)12(4-3-9-27-21(25)26)28-17(33)11(22)5-7-14(23)31/h10-13,16H,3-9,22H2,1-2H3,(H2,23,31)(H2,24,32)(H,28,33)(H,29,35)(H,30,34)(H,36,37)(H4,25,26,27). The first-order valence-electron chi connectivity index (χ1n) is 11.7. The van der Waals surface area contributed by atoms with Gasteiger partial charge in [0.1, 0.15) is 18.1 Å². The lowest BCUT2D eigenvalue weighted by molar-refractivity contribution is -0.143. The molecule has 0 aromatic rings. The Kier molecular flexibility index (Phi) is 14.9. The van der Waals surface area contributed by atoms with Crippen molar-refractivity contribution < 1.29 is 33.9 Å². The summed E-state index contributed by atoms with van der Waals surface area (Å²) in [7, 11) is 0. The quantitative estimate of drug-likeness (QED) is 0.0472. The second kappa shape index (κ2) is 16.7. The molecule has 0 saturated carbocycles. The summed E-state index contributed by atoms with van der Waals surface area (Å²) >= 11 is 0. The largest absolute Gasteiger partial charge is 0.480 e. The number of guanidine groups is 1. The highest BCUT2D eigenvalue weighted by molar-refractivity contribution is 5.94. The first-order valence-corrected chi connectivity index (χ1v) is 11.7. The van der Waals surface area contributed by atoms with Crippen LogP contribution in [0.25, 0.3) is 0 Å². The number of aliphatic carboxylic acids is 1. The summed E-state index contributed by atoms with van der Waals surface area (Å²) in [4.78, 5) is 75.6. The van der Waals surface area contributed by atoms with Crippen molar-refractivity contribution in [2.45, 2.75) is 76.5 Å². The number of nitrogens with zero attached hydrogens (tertiary/aromatic N) is 1. The van der Waals surface area contributed by atoms with Crippen LogP contribution in [0.4, 0.5) is 0 Å². The van der Waals surface area contributed by atoms with E-state index in [0.717, 1.165) is 0 Å². The van der Waals surface area contributed by atoms with E-state index in [1.165, 1.54) is 0 Å². The molecule has 16 heteroatoms. The molecule has 0 fully saturated rings. The van der Waals surface area contributed by atoms with Crippen molar-refractivity contribution in [3.63, 3.8) is 0 Å². The predicted molar refractivity (Wildman–Crippen MR) is 133 cm³/mol. The van der Waals surface area contributed by atoms with Gasteiger partial charge >= 0.3 is 5.97 Å². The number of carboxylic acid groups (broad SMARTS) is 1. The molecule has 0 rings (SSSR count). The highest BCUT2D eigenvalue weighted by Gasteiger charge is 2.32. The minimum absolute atomic E-state index is 0.0393. The minimum Gasteiger partial charge on any atom is -0.480 e. The molecule has 0 saturated heterocycles. The zero-order chi connectivity index (χ0) is 28.7. The highest BCUT2D eigenvalue weighted by Crippen LogP contribution is 2.08. The monoisotopic (exact) mass is 529 g/mol. The van der Waals surface area contributed by atoms with E-state index in [1.807, 2.05) is 0 Å². The molecule has 5 amide bonds. The zero-order valence-electron chi connectivity index (χ0n) is 21.1. The van der Waals surface area contributed by atoms with Crippen LogP contribution >= 0.6 is 0 Å². The number of nitrogens with one attached hydrogen (secondary N) is 3. The van der Waals surface area contributed by atoms with Crippen molar-refractivity contribution in [3.05, 3.63) is 0 Å². The number of aliphatic imine (C=N–C) groups is 1. The van der Waals surface area contributed by atoms with Crippen molar-refractivity contribution in [2.24, 2.45) is 39.6 Å². The lowest BCUT2D eigenvalue weighted by atomic mass is 10.0. The third-order valence-electron chi connectivity index (χ3n) is 5.16. The number of carbonyl (C=O) groups excluding carboxylic acids is 5. The predicted octanol–water partition coefficient (Wildman–Crippen LogP) is -3.91. The molecule has 0 aliphatic rings. The van der Waals surface area contributed by atoms with Crippen molar-refractivity contribution in [3.8, 4) is 0 Å². The van der Waals surface area contributed by atoms with Gasteiger partial charge in [-0.2, -0.15) is 0 Å². The molecule has 0 heterocycles. The Bertz CT molecular complexity index is 859. The molecule has 0 aromatic heterocycles. The zero-order valence-corrected chi connectivity index (χ0v) is 21.1. The van der Waals surface area contributed by atoms with Gasteiger partial charge in [-0.1, -0.05) is 13.8 Å². The summed E-state index contributed by atoms with van der Waals surface area (Å²) < 4.78 is 0. The Morgan fingerprint density at radius 2 is 1.30 bits per heavy atom. The maximum absolute atomic E-state index is 13.1. The van der Waals surface area contributed by atoms with Gasteiger partial charge in [-0.3, -0.25) is 29.0 Å². The Hall–Kier alpha value is -3.95. The average molecular weight is 530 g/mol. The molecule has 0 spiro atoms. The number of amides is 5. The van der Waals surface area contributed by atoms with Gasteiger partial charge in [-0.15, -0.1) is 0 Å². The molecule has 0 bridgehead atoms. The molecule has 0 radical (unpaired) electrons. The van der Waals surface area contributed by atoms with Crippen molar-refractivity contribution in [2.75, 3.05) is 6.54 Å². The van der Waals surface area contributed by atoms with Crippen LogP contribution in [0.15, 0.2) is 4.99 Å². The fraction of sp³-hybridized carbons (Fsp3) is 0.667. The molecule has 0 aliphatic heterocycles. The first kappa shape index (κ1) is 33.0. The van der Waals surface area contributed by atoms with Crippen molar-refractivity contribution >= 4 is 41.5 Å². The molecular formula is C21H39N9O7. The number of primary amides is 2. The third kappa shape index (κ3) is 14.3. The topological polar surface area (TPSA) is 301 Å². The highest BCUT2D eigenvalue weighted by atomic mass is 16.4. The van der Waals surface area contributed by atoms with Crippen LogP contribution in [0, 0.1) is 5.92 Å². The fourth-order valence-corrected chi connectivity index (χ4v) is 3.07. The van der Waals surface area contributed by atoms with Gasteiger partial charge in [0.2, 0.25) is 29.5 Å². The summed E-state index contributed by atoms with van der Waals surface area (Å²) in [6, 6.07) is -4.85. The van der Waals surface area contributed by atoms with Gasteiger partial charge in [0.05, 0.1) is 6.04 Å². The molecule has 4 atom stereocenters. The second-order valence-corrected chi connectivity index (χ2v) is 8.76. The van der Waals surface area contributed by atoms with Crippen LogP contribution in [0.2, 0.25) is 0 Å². The summed E-state index contributed by atoms with van der Waals surface area (Å²) in [5.41, 5.74) is 26.5. The van der Waals surface area contributed by atoms with E-state index >= 15 is 0 Å². The van der Waals surface area contributed by atoms with Crippen molar-refractivity contribution in [1.82, 2.24) is 16.0 Å². The SMILES string of the molecule is CC(C)C(NC(=O)C(CCCN=C(N)N)NC(=O)C(N)CCC(N)=O)C(=O)NC(CCC(N)=O)C(=O)O. The normalized spacial score (nSPS) is 13.9. The second-order valence-electron chi connectivity index (χ2n) is 8.76. The molecule has 16 nitrogen and oxygen atoms in total. The van der Waals surface area contributed by atoms with Crippen LogP contribution in [0.3, 0.4) is 0 Å². The van der Waals surface area contributed by atoms with E-state index in [0.29, 0.717) is 0 Å². The van der Waals surface area contributed by atoms with E-state index in [9.17, 15) is 33.9 Å². The molecule has 0 aromatic carbocycles. The molecule has 0 aliphatic carbocycles. The number of carbonyl (C=O) groups is 6. The average Bonchev–Trinajstić information content (AvgIpc) is 2.79. The lowest BCUT2D eigenvalue weighted by Crippen LogP contribution is -2.58. The number of hydrogen-bond acceptors (Lipinski definition) is 8. The van der Waals surface area contributed by atoms with Gasteiger partial charge in [0.25, 0.3) is 0 Å². The smallest absolute Gasteiger partial charge is 0.326 e. The van der Waals surface area contributed by atoms with Gasteiger partial charge in [-0.25, -0.2) is 4.79 Å². The van der Waals surface area contributed by atoms with Gasteiger partial charge in [-0.05, 0) is 31.6 Å². The van der Waals surface area contributed by atoms with E-state index in [2.05, 4.69) is 20.9 Å². The number of carboxylic acids is 1. The van der Waals surface area contributed by atoms with Gasteiger partial charge < -0.3 is 49.7 Å². The van der Waals surface area contributed by atoms with E-state index < -0.39 is 65.6 Å². The van der Waals surface area contributed by atoms with Crippen LogP contribution in [0.5, 0.6) is 0 Å². The fourth-order valence-electron chi connectivity index (χ4n) is 3.07. The number of nitrogens with two attached hydrogens (primary N) is 5. The van der Waals surface area contributed by atoms with Gasteiger partial charge in [0, 0.05) is 19.4 Å². The van der Waals surface area contributed by atoms with Crippen molar-refractivity contribution in [1.29, 1.82) is 0 Å². The Morgan fingerprint density at radius 3 is 1.78 bits per heavy atom. The number of hydrogen-bond donors (Lipinski definition) is 9. The molecule has 37 heavy (non-hydrogen) atoms. The van der Waals surface area contributed by atoms with Crippen LogP contribution < -0.4 is 44.6 Å². The molecule has 210 valence electrons. The van der Waals surface area contributed by atoms with Crippen LogP contribution in [-0.2, 0) is 28.8 Å². The van der Waals surface area contributed by atoms with E-state index in [1.54, 1.807) is 13.8 Å². The van der Waals surface area contributed by atoms with E-state index in [-0.39, 0.29) is 51.0 Å². The number of rotatable bonds is 18. The first-order chi connectivity index (χ1) is 17.1. The van der Waals surface area contributed by atoms with Crippen LogP contribution in [0.1, 0.15) is 52.4 Å². The van der Waals surface area contributed by atoms with Crippen LogP contribution in [-0.4, -0.2) is 77.3 Å². The van der Waals surface area contributed by atoms with Gasteiger partial charge in [0.15, 0.2) is 5.96 Å². The summed E-state index contributed by atoms with van der Waals surface area (Å²) in [6.45, 7) is 3.40. The van der Waals surface area contributed by atoms with E-state index in [4.69, 9.17) is 28.7 Å². The summed E-state index contributed by atoms with van der Waals surface area (Å²) in [6.07, 6.45) is -0.328. The minimum atomic E-state index is -1.41. The summed E-state index contributed by atoms with van der Waals surface area (Å²) in [5, 5.41) is 16.6. The Morgan fingerprint density at radius 1 is 0.757 bits per heavy atom. The Balaban J connectivity index is 5.54.